The number of hydrogen-bond donors (Lipinski definition) is 1. The Morgan fingerprint density at radius 2 is 1.81 bits per heavy atom. The van der Waals surface area contributed by atoms with E-state index in [0.717, 1.165) is 23.8 Å². The van der Waals surface area contributed by atoms with Crippen molar-refractivity contribution in [3.05, 3.63) is 59.7 Å². The van der Waals surface area contributed by atoms with Crippen LogP contribution >= 0.6 is 0 Å². The molecule has 0 saturated carbocycles. The molecule has 8 nitrogen and oxygen atoms in total. The molecule has 2 rings (SSSR count). The van der Waals surface area contributed by atoms with Crippen molar-refractivity contribution in [2.75, 3.05) is 30.8 Å². The molecule has 36 heavy (non-hydrogen) atoms. The van der Waals surface area contributed by atoms with Crippen LogP contribution in [0.1, 0.15) is 50.7 Å². The number of ether oxygens (including phenoxy) is 1. The van der Waals surface area contributed by atoms with E-state index in [1.807, 2.05) is 45.0 Å². The van der Waals surface area contributed by atoms with Crippen LogP contribution in [0.15, 0.2) is 48.5 Å². The van der Waals surface area contributed by atoms with Crippen LogP contribution in [0.4, 0.5) is 5.69 Å². The number of hydrogen-bond acceptors (Lipinski definition) is 5. The van der Waals surface area contributed by atoms with Gasteiger partial charge in [-0.05, 0) is 43.9 Å². The predicted molar refractivity (Wildman–Crippen MR) is 144 cm³/mol. The van der Waals surface area contributed by atoms with Gasteiger partial charge in [-0.3, -0.25) is 13.9 Å². The minimum Gasteiger partial charge on any atom is -0.497 e. The smallest absolute Gasteiger partial charge is 0.242 e. The van der Waals surface area contributed by atoms with Crippen LogP contribution < -0.4 is 14.4 Å². The number of sulfonamides is 1. The molecule has 2 aromatic carbocycles. The van der Waals surface area contributed by atoms with Crippen molar-refractivity contribution in [1.29, 1.82) is 0 Å². The number of methoxy groups -OCH3 is 1. The van der Waals surface area contributed by atoms with Crippen molar-refractivity contribution < 1.29 is 22.7 Å². The summed E-state index contributed by atoms with van der Waals surface area (Å²) in [7, 11) is -2.05. The van der Waals surface area contributed by atoms with Gasteiger partial charge in [0.1, 0.15) is 11.8 Å². The molecule has 0 heterocycles. The van der Waals surface area contributed by atoms with Gasteiger partial charge >= 0.3 is 0 Å². The van der Waals surface area contributed by atoms with Gasteiger partial charge < -0.3 is 15.0 Å². The molecular weight excluding hydrogens is 478 g/mol. The molecule has 2 aromatic rings. The first-order valence-electron chi connectivity index (χ1n) is 12.3. The van der Waals surface area contributed by atoms with Gasteiger partial charge in [0.05, 0.1) is 19.1 Å². The Kier molecular flexibility index (Phi) is 11.2. The number of aryl methyl sites for hydroxylation is 1. The number of benzene rings is 2. The van der Waals surface area contributed by atoms with Gasteiger partial charge in [0.2, 0.25) is 21.8 Å². The Labute approximate surface area is 215 Å². The number of carbonyl (C=O) groups excluding carboxylic acids is 2. The highest BCUT2D eigenvalue weighted by molar-refractivity contribution is 7.92. The summed E-state index contributed by atoms with van der Waals surface area (Å²) in [6.07, 6.45) is 2.84. The van der Waals surface area contributed by atoms with Crippen molar-refractivity contribution in [3.63, 3.8) is 0 Å². The maximum Gasteiger partial charge on any atom is 0.242 e. The quantitative estimate of drug-likeness (QED) is 0.410. The van der Waals surface area contributed by atoms with Gasteiger partial charge in [-0.15, -0.1) is 0 Å². The molecule has 0 aliphatic carbocycles. The maximum absolute atomic E-state index is 13.4. The summed E-state index contributed by atoms with van der Waals surface area (Å²) in [5, 5.41) is 2.91. The van der Waals surface area contributed by atoms with E-state index in [1.165, 1.54) is 11.4 Å². The van der Waals surface area contributed by atoms with Crippen molar-refractivity contribution >= 4 is 27.5 Å². The third-order valence-corrected chi connectivity index (χ3v) is 7.06. The number of carbonyl (C=O) groups is 2. The summed E-state index contributed by atoms with van der Waals surface area (Å²) in [6, 6.07) is 14.1. The first-order valence-corrected chi connectivity index (χ1v) is 14.2. The van der Waals surface area contributed by atoms with Crippen LogP contribution in [0.5, 0.6) is 5.75 Å². The van der Waals surface area contributed by atoms with E-state index < -0.39 is 16.1 Å². The number of anilines is 1. The maximum atomic E-state index is 13.4. The minimum atomic E-state index is -3.57. The van der Waals surface area contributed by atoms with Crippen LogP contribution in [0, 0.1) is 6.92 Å². The van der Waals surface area contributed by atoms with Crippen LogP contribution in [-0.4, -0.2) is 57.6 Å². The van der Waals surface area contributed by atoms with E-state index in [0.29, 0.717) is 37.4 Å². The molecule has 0 aliphatic rings. The summed E-state index contributed by atoms with van der Waals surface area (Å²) in [5.41, 5.74) is 2.50. The number of rotatable bonds is 14. The van der Waals surface area contributed by atoms with E-state index >= 15 is 0 Å². The van der Waals surface area contributed by atoms with Gasteiger partial charge in [0.15, 0.2) is 0 Å². The first kappa shape index (κ1) is 29.2. The molecule has 0 unspecified atom stereocenters. The Hall–Kier alpha value is -3.07. The van der Waals surface area contributed by atoms with Crippen LogP contribution in [0.2, 0.25) is 0 Å². The van der Waals surface area contributed by atoms with E-state index in [9.17, 15) is 18.0 Å². The minimum absolute atomic E-state index is 0.110. The standard InChI is InChI=1S/C27H39N3O5S/c1-6-16-28-27(32)25(7-2)29(20-22-12-8-11-21(3)18-22)26(31)15-10-17-30(36(5,33)34)23-13-9-14-24(19-23)35-4/h8-9,11-14,18-19,25H,6-7,10,15-17,20H2,1-5H3,(H,28,32)/t25-/m0/s1. The highest BCUT2D eigenvalue weighted by Gasteiger charge is 2.28. The Bertz CT molecular complexity index is 1120. The van der Waals surface area contributed by atoms with E-state index in [-0.39, 0.29) is 24.8 Å². The summed E-state index contributed by atoms with van der Waals surface area (Å²) in [6.45, 7) is 6.84. The fourth-order valence-electron chi connectivity index (χ4n) is 4.06. The second kappa shape index (κ2) is 13.9. The van der Waals surface area contributed by atoms with Gasteiger partial charge in [-0.2, -0.15) is 0 Å². The van der Waals surface area contributed by atoms with Crippen molar-refractivity contribution in [1.82, 2.24) is 10.2 Å². The lowest BCUT2D eigenvalue weighted by Crippen LogP contribution is -2.49. The van der Waals surface area contributed by atoms with Gasteiger partial charge in [-0.1, -0.05) is 49.7 Å². The molecule has 0 aliphatic heterocycles. The van der Waals surface area contributed by atoms with Gasteiger partial charge in [0, 0.05) is 32.1 Å². The first-order chi connectivity index (χ1) is 17.1. The van der Waals surface area contributed by atoms with E-state index in [2.05, 4.69) is 5.32 Å². The number of amides is 2. The molecule has 0 aromatic heterocycles. The van der Waals surface area contributed by atoms with Crippen LogP contribution in [-0.2, 0) is 26.2 Å². The van der Waals surface area contributed by atoms with Crippen molar-refractivity contribution in [2.45, 2.75) is 59.0 Å². The lowest BCUT2D eigenvalue weighted by molar-refractivity contribution is -0.141. The summed E-state index contributed by atoms with van der Waals surface area (Å²) in [4.78, 5) is 27.9. The summed E-state index contributed by atoms with van der Waals surface area (Å²) >= 11 is 0. The number of nitrogens with zero attached hydrogens (tertiary/aromatic N) is 2. The normalized spacial score (nSPS) is 12.0. The lowest BCUT2D eigenvalue weighted by Gasteiger charge is -2.31. The van der Waals surface area contributed by atoms with E-state index in [4.69, 9.17) is 4.74 Å². The second-order valence-corrected chi connectivity index (χ2v) is 10.8. The zero-order chi connectivity index (χ0) is 26.7. The largest absolute Gasteiger partial charge is 0.497 e. The molecule has 9 heteroatoms. The summed E-state index contributed by atoms with van der Waals surface area (Å²) in [5.74, 6) is 0.189. The van der Waals surface area contributed by atoms with Crippen LogP contribution in [0.25, 0.3) is 0 Å². The molecule has 1 N–H and O–H groups in total. The van der Waals surface area contributed by atoms with Crippen molar-refractivity contribution in [3.8, 4) is 5.75 Å². The van der Waals surface area contributed by atoms with Gasteiger partial charge in [-0.25, -0.2) is 8.42 Å². The molecule has 2 amide bonds. The number of nitrogens with one attached hydrogen (secondary N) is 1. The fraction of sp³-hybridized carbons (Fsp3) is 0.481. The third-order valence-electron chi connectivity index (χ3n) is 5.86. The molecular formula is C27H39N3O5S. The van der Waals surface area contributed by atoms with Crippen molar-refractivity contribution in [2.24, 2.45) is 0 Å². The third kappa shape index (κ3) is 8.55. The monoisotopic (exact) mass is 517 g/mol. The second-order valence-electron chi connectivity index (χ2n) is 8.87. The average molecular weight is 518 g/mol. The van der Waals surface area contributed by atoms with Gasteiger partial charge in [0.25, 0.3) is 0 Å². The Morgan fingerprint density at radius 1 is 1.08 bits per heavy atom. The predicted octanol–water partition coefficient (Wildman–Crippen LogP) is 3.88. The molecule has 198 valence electrons. The Balaban J connectivity index is 2.21. The zero-order valence-corrected chi connectivity index (χ0v) is 22.8. The lowest BCUT2D eigenvalue weighted by atomic mass is 10.1. The van der Waals surface area contributed by atoms with E-state index in [1.54, 1.807) is 29.2 Å². The highest BCUT2D eigenvalue weighted by atomic mass is 32.2. The average Bonchev–Trinajstić information content (AvgIpc) is 2.84. The molecule has 0 bridgehead atoms. The SMILES string of the molecule is CCCNC(=O)[C@H](CC)N(Cc1cccc(C)c1)C(=O)CCCN(c1cccc(OC)c1)S(C)(=O)=O. The zero-order valence-electron chi connectivity index (χ0n) is 22.0. The highest BCUT2D eigenvalue weighted by Crippen LogP contribution is 2.24. The molecule has 0 fully saturated rings. The fourth-order valence-corrected chi connectivity index (χ4v) is 5.02. The Morgan fingerprint density at radius 3 is 2.42 bits per heavy atom. The molecule has 1 atom stereocenters. The topological polar surface area (TPSA) is 96.0 Å². The molecule has 0 spiro atoms. The molecule has 0 saturated heterocycles. The summed E-state index contributed by atoms with van der Waals surface area (Å²) < 4.78 is 31.5. The molecule has 0 radical (unpaired) electrons. The van der Waals surface area contributed by atoms with Crippen LogP contribution in [0.3, 0.4) is 0 Å².